The molecular weight excluding hydrogens is 458 g/mol. The van der Waals surface area contributed by atoms with E-state index in [1.807, 2.05) is 51.1 Å². The molecule has 3 aromatic carbocycles. The lowest BCUT2D eigenvalue weighted by Gasteiger charge is -2.26. The van der Waals surface area contributed by atoms with Crippen LogP contribution in [0.2, 0.25) is 0 Å². The minimum absolute atomic E-state index is 0.0163. The average molecular weight is 488 g/mol. The summed E-state index contributed by atoms with van der Waals surface area (Å²) in [7, 11) is 1.57. The molecule has 1 amide bonds. The second kappa shape index (κ2) is 10.6. The summed E-state index contributed by atoms with van der Waals surface area (Å²) in [6, 6.07) is 18.6. The molecule has 1 saturated heterocycles. The maximum absolute atomic E-state index is 13.4. The smallest absolute Gasteiger partial charge is 0.300 e. The van der Waals surface area contributed by atoms with Gasteiger partial charge in [0.15, 0.2) is 11.5 Å². The van der Waals surface area contributed by atoms with E-state index in [9.17, 15) is 14.7 Å². The van der Waals surface area contributed by atoms with Crippen molar-refractivity contribution in [3.05, 3.63) is 89.0 Å². The fourth-order valence-corrected chi connectivity index (χ4v) is 4.42. The van der Waals surface area contributed by atoms with Crippen molar-refractivity contribution >= 4 is 23.1 Å². The zero-order valence-electron chi connectivity index (χ0n) is 20.8. The third-order valence-corrected chi connectivity index (χ3v) is 6.03. The van der Waals surface area contributed by atoms with Gasteiger partial charge in [-0.25, -0.2) is 0 Å². The van der Waals surface area contributed by atoms with Crippen molar-refractivity contribution in [1.29, 1.82) is 0 Å². The van der Waals surface area contributed by atoms with Gasteiger partial charge < -0.3 is 19.3 Å². The summed E-state index contributed by atoms with van der Waals surface area (Å²) in [4.78, 5) is 28.2. The Hall–Kier alpha value is -4.26. The maximum atomic E-state index is 13.4. The Labute approximate surface area is 210 Å². The molecule has 1 fully saturated rings. The maximum Gasteiger partial charge on any atom is 0.300 e. The molecule has 0 bridgehead atoms. The number of methoxy groups -OCH3 is 1. The molecule has 7 heteroatoms. The zero-order valence-corrected chi connectivity index (χ0v) is 20.8. The van der Waals surface area contributed by atoms with Crippen molar-refractivity contribution in [3.63, 3.8) is 0 Å². The van der Waals surface area contributed by atoms with Gasteiger partial charge in [0.25, 0.3) is 11.7 Å². The van der Waals surface area contributed by atoms with E-state index in [-0.39, 0.29) is 11.3 Å². The average Bonchev–Trinajstić information content (AvgIpc) is 3.15. The van der Waals surface area contributed by atoms with Gasteiger partial charge in [-0.05, 0) is 62.2 Å². The number of ketones is 1. The predicted octanol–water partition coefficient (Wildman–Crippen LogP) is 5.43. The highest BCUT2D eigenvalue weighted by Gasteiger charge is 2.47. The first-order valence-electron chi connectivity index (χ1n) is 11.8. The van der Waals surface area contributed by atoms with Crippen molar-refractivity contribution in [2.45, 2.75) is 26.8 Å². The fraction of sp³-hybridized carbons (Fsp3) is 0.241. The second-order valence-corrected chi connectivity index (χ2v) is 8.26. The van der Waals surface area contributed by atoms with Crippen LogP contribution in [0.3, 0.4) is 0 Å². The summed E-state index contributed by atoms with van der Waals surface area (Å²) < 4.78 is 16.7. The Morgan fingerprint density at radius 2 is 1.56 bits per heavy atom. The molecular formula is C29H29NO6. The van der Waals surface area contributed by atoms with Crippen molar-refractivity contribution in [2.24, 2.45) is 0 Å². The molecule has 1 unspecified atom stereocenters. The first kappa shape index (κ1) is 24.9. The molecule has 1 aliphatic rings. The molecule has 3 aromatic rings. The van der Waals surface area contributed by atoms with Crippen LogP contribution < -0.4 is 19.1 Å². The number of aryl methyl sites for hydroxylation is 1. The lowest BCUT2D eigenvalue weighted by Crippen LogP contribution is -2.29. The monoisotopic (exact) mass is 487 g/mol. The third kappa shape index (κ3) is 4.52. The van der Waals surface area contributed by atoms with E-state index < -0.39 is 17.7 Å². The van der Waals surface area contributed by atoms with E-state index in [1.165, 1.54) is 4.90 Å². The van der Waals surface area contributed by atoms with Crippen LogP contribution in [0.1, 0.15) is 36.6 Å². The molecule has 0 aliphatic carbocycles. The van der Waals surface area contributed by atoms with Crippen LogP contribution in [0, 0.1) is 6.92 Å². The molecule has 0 saturated carbocycles. The number of ether oxygens (including phenoxy) is 3. The highest BCUT2D eigenvalue weighted by Crippen LogP contribution is 2.44. The molecule has 0 spiro atoms. The zero-order chi connectivity index (χ0) is 25.8. The molecule has 1 aliphatic heterocycles. The molecule has 7 nitrogen and oxygen atoms in total. The number of anilines is 1. The molecule has 186 valence electrons. The predicted molar refractivity (Wildman–Crippen MR) is 138 cm³/mol. The standard InChI is InChI=1S/C29H29NO6/c1-5-35-23-15-13-21(17-24(23)36-6-2)30-26(19-10-8-7-9-11-19)25(28(32)29(30)33)27(31)20-12-14-22(34-4)18(3)16-20/h7-17,26,31H,5-6H2,1-4H3/b27-25+. The van der Waals surface area contributed by atoms with Crippen molar-refractivity contribution in [3.8, 4) is 17.2 Å². The van der Waals surface area contributed by atoms with Crippen LogP contribution in [-0.2, 0) is 9.59 Å². The SMILES string of the molecule is CCOc1ccc(N2C(=O)C(=O)/C(=C(/O)c3ccc(OC)c(C)c3)C2c2ccccc2)cc1OCC. The van der Waals surface area contributed by atoms with Crippen LogP contribution >= 0.6 is 0 Å². The van der Waals surface area contributed by atoms with Crippen LogP contribution in [-0.4, -0.2) is 37.1 Å². The summed E-state index contributed by atoms with van der Waals surface area (Å²) in [5.74, 6) is -0.0687. The number of aliphatic hydroxyl groups is 1. The van der Waals surface area contributed by atoms with Crippen LogP contribution in [0.15, 0.2) is 72.3 Å². The quantitative estimate of drug-likeness (QED) is 0.259. The van der Waals surface area contributed by atoms with E-state index >= 15 is 0 Å². The number of rotatable bonds is 8. The second-order valence-electron chi connectivity index (χ2n) is 8.26. The normalized spacial score (nSPS) is 16.8. The Morgan fingerprint density at radius 3 is 2.19 bits per heavy atom. The molecule has 4 rings (SSSR count). The van der Waals surface area contributed by atoms with Gasteiger partial charge in [-0.2, -0.15) is 0 Å². The molecule has 1 N–H and O–H groups in total. The minimum Gasteiger partial charge on any atom is -0.507 e. The molecule has 0 aromatic heterocycles. The van der Waals surface area contributed by atoms with Gasteiger partial charge in [0.05, 0.1) is 31.9 Å². The highest BCUT2D eigenvalue weighted by atomic mass is 16.5. The van der Waals surface area contributed by atoms with Gasteiger partial charge in [0.1, 0.15) is 11.5 Å². The molecule has 1 atom stereocenters. The largest absolute Gasteiger partial charge is 0.507 e. The fourth-order valence-electron chi connectivity index (χ4n) is 4.42. The first-order chi connectivity index (χ1) is 17.4. The van der Waals surface area contributed by atoms with Gasteiger partial charge in [0, 0.05) is 17.3 Å². The van der Waals surface area contributed by atoms with Gasteiger partial charge >= 0.3 is 0 Å². The lowest BCUT2D eigenvalue weighted by atomic mass is 9.94. The van der Waals surface area contributed by atoms with Gasteiger partial charge in [-0.1, -0.05) is 30.3 Å². The summed E-state index contributed by atoms with van der Waals surface area (Å²) in [6.45, 7) is 6.43. The van der Waals surface area contributed by atoms with Gasteiger partial charge in [-0.15, -0.1) is 0 Å². The number of carbonyl (C=O) groups is 2. The number of Topliss-reactive ketones (excluding diaryl/α,β-unsaturated/α-hetero) is 1. The molecule has 1 heterocycles. The highest BCUT2D eigenvalue weighted by molar-refractivity contribution is 6.51. The van der Waals surface area contributed by atoms with Gasteiger partial charge in [0.2, 0.25) is 0 Å². The van der Waals surface area contributed by atoms with Crippen molar-refractivity contribution in [1.82, 2.24) is 0 Å². The number of nitrogens with zero attached hydrogens (tertiary/aromatic N) is 1. The van der Waals surface area contributed by atoms with Crippen molar-refractivity contribution < 1.29 is 28.9 Å². The van der Waals surface area contributed by atoms with Gasteiger partial charge in [-0.3, -0.25) is 14.5 Å². The summed E-state index contributed by atoms with van der Waals surface area (Å²) >= 11 is 0. The number of carbonyl (C=O) groups excluding carboxylic acids is 2. The molecule has 0 radical (unpaired) electrons. The van der Waals surface area contributed by atoms with Crippen LogP contribution in [0.25, 0.3) is 5.76 Å². The lowest BCUT2D eigenvalue weighted by molar-refractivity contribution is -0.132. The number of hydrogen-bond donors (Lipinski definition) is 1. The number of hydrogen-bond acceptors (Lipinski definition) is 6. The van der Waals surface area contributed by atoms with Crippen LogP contribution in [0.5, 0.6) is 17.2 Å². The Kier molecular flexibility index (Phi) is 7.29. The van der Waals surface area contributed by atoms with Crippen LogP contribution in [0.4, 0.5) is 5.69 Å². The van der Waals surface area contributed by atoms with E-state index in [4.69, 9.17) is 14.2 Å². The summed E-state index contributed by atoms with van der Waals surface area (Å²) in [6.07, 6.45) is 0. The Morgan fingerprint density at radius 1 is 0.889 bits per heavy atom. The first-order valence-corrected chi connectivity index (χ1v) is 11.8. The number of aliphatic hydroxyl groups excluding tert-OH is 1. The molecule has 36 heavy (non-hydrogen) atoms. The third-order valence-electron chi connectivity index (χ3n) is 6.03. The summed E-state index contributed by atoms with van der Waals surface area (Å²) in [5.41, 5.74) is 2.38. The van der Waals surface area contributed by atoms with E-state index in [2.05, 4.69) is 0 Å². The van der Waals surface area contributed by atoms with E-state index in [0.29, 0.717) is 47.3 Å². The number of benzene rings is 3. The Bertz CT molecular complexity index is 1310. The Balaban J connectivity index is 1.90. The summed E-state index contributed by atoms with van der Waals surface area (Å²) in [5, 5.41) is 11.3. The van der Waals surface area contributed by atoms with E-state index in [1.54, 1.807) is 43.5 Å². The number of amides is 1. The van der Waals surface area contributed by atoms with Crippen molar-refractivity contribution in [2.75, 3.05) is 25.2 Å². The minimum atomic E-state index is -0.832. The topological polar surface area (TPSA) is 85.3 Å². The van der Waals surface area contributed by atoms with E-state index in [0.717, 1.165) is 5.56 Å².